The van der Waals surface area contributed by atoms with Crippen molar-refractivity contribution in [2.75, 3.05) is 11.4 Å². The number of ether oxygens (including phenoxy) is 1. The number of rotatable bonds is 5. The maximum absolute atomic E-state index is 13.4. The molecule has 1 heterocycles. The standard InChI is InChI=1S/C24H24N2O4S/c1-17-16-26(18(2)27)22-15-21(13-14-23(22)30-17)31(28,29)25-24(19-9-5-3-6-10-19)20-11-7-4-8-12-20/h3-15,17,24-25H,16H2,1-2H3. The van der Waals surface area contributed by atoms with Gasteiger partial charge >= 0.3 is 0 Å². The highest BCUT2D eigenvalue weighted by Crippen LogP contribution is 2.36. The maximum Gasteiger partial charge on any atom is 0.241 e. The monoisotopic (exact) mass is 436 g/mol. The van der Waals surface area contributed by atoms with Crippen molar-refractivity contribution in [2.45, 2.75) is 30.9 Å². The van der Waals surface area contributed by atoms with E-state index >= 15 is 0 Å². The Balaban J connectivity index is 1.72. The van der Waals surface area contributed by atoms with Gasteiger partial charge in [-0.05, 0) is 36.2 Å². The van der Waals surface area contributed by atoms with Gasteiger partial charge in [-0.2, -0.15) is 4.72 Å². The minimum absolute atomic E-state index is 0.0764. The van der Waals surface area contributed by atoms with Gasteiger partial charge in [0.1, 0.15) is 11.9 Å². The van der Waals surface area contributed by atoms with Gasteiger partial charge in [-0.25, -0.2) is 8.42 Å². The normalized spacial score (nSPS) is 16.0. The summed E-state index contributed by atoms with van der Waals surface area (Å²) in [6.07, 6.45) is -0.169. The summed E-state index contributed by atoms with van der Waals surface area (Å²) < 4.78 is 35.3. The maximum atomic E-state index is 13.4. The van der Waals surface area contributed by atoms with Crippen molar-refractivity contribution in [1.82, 2.24) is 4.72 Å². The van der Waals surface area contributed by atoms with Crippen molar-refractivity contribution in [3.8, 4) is 5.75 Å². The predicted octanol–water partition coefficient (Wildman–Crippen LogP) is 3.89. The van der Waals surface area contributed by atoms with Crippen LogP contribution < -0.4 is 14.4 Å². The lowest BCUT2D eigenvalue weighted by molar-refractivity contribution is -0.117. The highest BCUT2D eigenvalue weighted by molar-refractivity contribution is 7.89. The van der Waals surface area contributed by atoms with E-state index in [9.17, 15) is 13.2 Å². The molecule has 3 aromatic carbocycles. The average Bonchev–Trinajstić information content (AvgIpc) is 2.77. The van der Waals surface area contributed by atoms with E-state index in [1.807, 2.05) is 67.6 Å². The van der Waals surface area contributed by atoms with Gasteiger partial charge in [0.15, 0.2) is 0 Å². The van der Waals surface area contributed by atoms with Gasteiger partial charge in [-0.15, -0.1) is 0 Å². The van der Waals surface area contributed by atoms with Gasteiger partial charge in [0, 0.05) is 6.92 Å². The number of hydrogen-bond acceptors (Lipinski definition) is 4. The number of carbonyl (C=O) groups excluding carboxylic acids is 1. The van der Waals surface area contributed by atoms with E-state index in [0.29, 0.717) is 18.0 Å². The molecule has 7 heteroatoms. The molecular formula is C24H24N2O4S. The summed E-state index contributed by atoms with van der Waals surface area (Å²) in [4.78, 5) is 13.7. The zero-order chi connectivity index (χ0) is 22.0. The Kier molecular flexibility index (Phi) is 5.80. The summed E-state index contributed by atoms with van der Waals surface area (Å²) in [7, 11) is -3.90. The Morgan fingerprint density at radius 2 is 1.58 bits per heavy atom. The molecule has 6 nitrogen and oxygen atoms in total. The number of benzene rings is 3. The Morgan fingerprint density at radius 3 is 2.13 bits per heavy atom. The van der Waals surface area contributed by atoms with Gasteiger partial charge in [0.2, 0.25) is 15.9 Å². The zero-order valence-corrected chi connectivity index (χ0v) is 18.2. The van der Waals surface area contributed by atoms with Crippen molar-refractivity contribution in [2.24, 2.45) is 0 Å². The van der Waals surface area contributed by atoms with E-state index in [1.54, 1.807) is 11.0 Å². The van der Waals surface area contributed by atoms with Crippen molar-refractivity contribution < 1.29 is 17.9 Å². The lowest BCUT2D eigenvalue weighted by Crippen LogP contribution is -2.41. The average molecular weight is 437 g/mol. The third-order valence-corrected chi connectivity index (χ3v) is 6.64. The van der Waals surface area contributed by atoms with Gasteiger partial charge in [-0.1, -0.05) is 60.7 Å². The van der Waals surface area contributed by atoms with Crippen LogP contribution in [-0.4, -0.2) is 27.0 Å². The SMILES string of the molecule is CC(=O)N1CC(C)Oc2ccc(S(=O)(=O)NC(c3ccccc3)c3ccccc3)cc21. The van der Waals surface area contributed by atoms with Crippen molar-refractivity contribution in [3.05, 3.63) is 90.0 Å². The third kappa shape index (κ3) is 4.47. The molecule has 1 N–H and O–H groups in total. The fourth-order valence-electron chi connectivity index (χ4n) is 3.73. The van der Waals surface area contributed by atoms with Crippen LogP contribution in [0.5, 0.6) is 5.75 Å². The van der Waals surface area contributed by atoms with Crippen LogP contribution in [0, 0.1) is 0 Å². The van der Waals surface area contributed by atoms with Crippen LogP contribution in [0.15, 0.2) is 83.8 Å². The molecule has 0 bridgehead atoms. The molecule has 1 atom stereocenters. The number of carbonyl (C=O) groups is 1. The number of nitrogens with zero attached hydrogens (tertiary/aromatic N) is 1. The molecule has 3 aromatic rings. The van der Waals surface area contributed by atoms with Crippen LogP contribution >= 0.6 is 0 Å². The molecule has 0 saturated heterocycles. The summed E-state index contributed by atoms with van der Waals surface area (Å²) in [6, 6.07) is 22.9. The van der Waals surface area contributed by atoms with E-state index in [4.69, 9.17) is 4.74 Å². The molecule has 4 rings (SSSR count). The second-order valence-corrected chi connectivity index (χ2v) is 9.28. The zero-order valence-electron chi connectivity index (χ0n) is 17.4. The fourth-order valence-corrected chi connectivity index (χ4v) is 4.96. The molecule has 1 amide bonds. The highest BCUT2D eigenvalue weighted by Gasteiger charge is 2.29. The second-order valence-electron chi connectivity index (χ2n) is 7.56. The van der Waals surface area contributed by atoms with Crippen LogP contribution in [0.1, 0.15) is 31.0 Å². The van der Waals surface area contributed by atoms with Crippen molar-refractivity contribution in [3.63, 3.8) is 0 Å². The van der Waals surface area contributed by atoms with Crippen LogP contribution in [0.4, 0.5) is 5.69 Å². The number of amides is 1. The molecule has 0 fully saturated rings. The Bertz CT molecular complexity index is 1140. The Labute approximate surface area is 182 Å². The van der Waals surface area contributed by atoms with Crippen molar-refractivity contribution in [1.29, 1.82) is 0 Å². The quantitative estimate of drug-likeness (QED) is 0.658. The molecule has 0 aromatic heterocycles. The highest BCUT2D eigenvalue weighted by atomic mass is 32.2. The van der Waals surface area contributed by atoms with Crippen LogP contribution in [0.3, 0.4) is 0 Å². The van der Waals surface area contributed by atoms with E-state index in [-0.39, 0.29) is 16.9 Å². The third-order valence-electron chi connectivity index (χ3n) is 5.22. The smallest absolute Gasteiger partial charge is 0.241 e. The number of anilines is 1. The topological polar surface area (TPSA) is 75.7 Å². The first-order chi connectivity index (χ1) is 14.8. The van der Waals surface area contributed by atoms with Crippen molar-refractivity contribution >= 4 is 21.6 Å². The summed E-state index contributed by atoms with van der Waals surface area (Å²) in [6.45, 7) is 3.70. The number of sulfonamides is 1. The Hall–Kier alpha value is -3.16. The first-order valence-electron chi connectivity index (χ1n) is 10.1. The van der Waals surface area contributed by atoms with E-state index in [0.717, 1.165) is 11.1 Å². The molecule has 0 spiro atoms. The molecule has 1 aliphatic heterocycles. The second kappa shape index (κ2) is 8.53. The minimum atomic E-state index is -3.90. The molecule has 0 radical (unpaired) electrons. The summed E-state index contributed by atoms with van der Waals surface area (Å²) >= 11 is 0. The summed E-state index contributed by atoms with van der Waals surface area (Å²) in [5.41, 5.74) is 2.12. The van der Waals surface area contributed by atoms with E-state index < -0.39 is 16.1 Å². The van der Waals surface area contributed by atoms with E-state index in [1.165, 1.54) is 19.1 Å². The molecule has 160 valence electrons. The van der Waals surface area contributed by atoms with Crippen LogP contribution in [-0.2, 0) is 14.8 Å². The molecular weight excluding hydrogens is 412 g/mol. The minimum Gasteiger partial charge on any atom is -0.487 e. The Morgan fingerprint density at radius 1 is 1.00 bits per heavy atom. The lowest BCUT2D eigenvalue weighted by atomic mass is 10.00. The van der Waals surface area contributed by atoms with Gasteiger partial charge in [0.05, 0.1) is 23.2 Å². The number of nitrogens with one attached hydrogen (secondary N) is 1. The van der Waals surface area contributed by atoms with Crippen LogP contribution in [0.25, 0.3) is 0 Å². The summed E-state index contributed by atoms with van der Waals surface area (Å²) in [5.74, 6) is 0.334. The lowest BCUT2D eigenvalue weighted by Gasteiger charge is -2.33. The first kappa shape index (κ1) is 21.1. The van der Waals surface area contributed by atoms with Gasteiger partial charge < -0.3 is 9.64 Å². The molecule has 0 saturated carbocycles. The molecule has 0 aliphatic carbocycles. The predicted molar refractivity (Wildman–Crippen MR) is 120 cm³/mol. The largest absolute Gasteiger partial charge is 0.487 e. The molecule has 1 aliphatic rings. The number of hydrogen-bond donors (Lipinski definition) is 1. The molecule has 1 unspecified atom stereocenters. The first-order valence-corrected chi connectivity index (χ1v) is 11.5. The fraction of sp³-hybridized carbons (Fsp3) is 0.208. The molecule has 31 heavy (non-hydrogen) atoms. The van der Waals surface area contributed by atoms with E-state index in [2.05, 4.69) is 4.72 Å². The summed E-state index contributed by atoms with van der Waals surface area (Å²) in [5, 5.41) is 0. The van der Waals surface area contributed by atoms with Crippen LogP contribution in [0.2, 0.25) is 0 Å². The van der Waals surface area contributed by atoms with Gasteiger partial charge in [-0.3, -0.25) is 4.79 Å². The van der Waals surface area contributed by atoms with Gasteiger partial charge in [0.25, 0.3) is 0 Å². The number of fused-ring (bicyclic) bond motifs is 1.